The van der Waals surface area contributed by atoms with Crippen LogP contribution in [-0.4, -0.2) is 43.5 Å². The molecule has 0 aromatic carbocycles. The van der Waals surface area contributed by atoms with Gasteiger partial charge in [0, 0.05) is 12.8 Å². The van der Waals surface area contributed by atoms with Crippen molar-refractivity contribution in [2.45, 2.75) is 83.0 Å². The van der Waals surface area contributed by atoms with E-state index in [0.29, 0.717) is 26.2 Å². The molecule has 0 aromatic heterocycles. The van der Waals surface area contributed by atoms with Gasteiger partial charge in [0.1, 0.15) is 6.04 Å². The summed E-state index contributed by atoms with van der Waals surface area (Å²) in [5, 5.41) is 2.73. The molecule has 2 fully saturated rings. The van der Waals surface area contributed by atoms with E-state index in [1.54, 1.807) is 0 Å². The summed E-state index contributed by atoms with van der Waals surface area (Å²) in [4.78, 5) is 23.7. The number of carbonyl (C=O) groups excluding carboxylic acids is 2. The van der Waals surface area contributed by atoms with Crippen LogP contribution in [0.25, 0.3) is 0 Å². The SMILES string of the molecule is CCCCCCCCCC1(CC(=O)NC2CCOC2=O)OCCO1. The molecule has 0 aromatic rings. The molecule has 1 amide bonds. The summed E-state index contributed by atoms with van der Waals surface area (Å²) < 4.78 is 16.4. The molecule has 2 rings (SSSR count). The monoisotopic (exact) mass is 341 g/mol. The smallest absolute Gasteiger partial charge is 0.328 e. The van der Waals surface area contributed by atoms with Gasteiger partial charge in [0.15, 0.2) is 5.79 Å². The van der Waals surface area contributed by atoms with E-state index < -0.39 is 11.8 Å². The van der Waals surface area contributed by atoms with Crippen molar-refractivity contribution < 1.29 is 23.8 Å². The van der Waals surface area contributed by atoms with Crippen molar-refractivity contribution in [3.63, 3.8) is 0 Å². The zero-order chi connectivity index (χ0) is 17.3. The fourth-order valence-electron chi connectivity index (χ4n) is 3.30. The second-order valence-electron chi connectivity index (χ2n) is 6.73. The average molecular weight is 341 g/mol. The lowest BCUT2D eigenvalue weighted by Crippen LogP contribution is -2.43. The highest BCUT2D eigenvalue weighted by Crippen LogP contribution is 2.30. The Bertz CT molecular complexity index is 406. The number of nitrogens with one attached hydrogen (secondary N) is 1. The van der Waals surface area contributed by atoms with E-state index in [-0.39, 0.29) is 18.3 Å². The number of hydrogen-bond acceptors (Lipinski definition) is 5. The van der Waals surface area contributed by atoms with E-state index in [1.165, 1.54) is 32.1 Å². The van der Waals surface area contributed by atoms with Crippen LogP contribution in [0.1, 0.15) is 71.1 Å². The van der Waals surface area contributed by atoms with Crippen LogP contribution in [0.2, 0.25) is 0 Å². The van der Waals surface area contributed by atoms with Crippen LogP contribution in [0.4, 0.5) is 0 Å². The van der Waals surface area contributed by atoms with Gasteiger partial charge in [-0.1, -0.05) is 45.4 Å². The lowest BCUT2D eigenvalue weighted by Gasteiger charge is -2.27. The lowest BCUT2D eigenvalue weighted by atomic mass is 10.0. The van der Waals surface area contributed by atoms with Crippen LogP contribution in [0.3, 0.4) is 0 Å². The molecule has 0 radical (unpaired) electrons. The maximum atomic E-state index is 12.2. The summed E-state index contributed by atoms with van der Waals surface area (Å²) in [5.74, 6) is -1.36. The molecule has 138 valence electrons. The van der Waals surface area contributed by atoms with Gasteiger partial charge in [0.05, 0.1) is 26.2 Å². The van der Waals surface area contributed by atoms with E-state index >= 15 is 0 Å². The molecule has 2 saturated heterocycles. The largest absolute Gasteiger partial charge is 0.464 e. The fraction of sp³-hybridized carbons (Fsp3) is 0.889. The number of rotatable bonds is 11. The molecule has 1 unspecified atom stereocenters. The van der Waals surface area contributed by atoms with Crippen LogP contribution < -0.4 is 5.32 Å². The van der Waals surface area contributed by atoms with Gasteiger partial charge in [-0.2, -0.15) is 0 Å². The van der Waals surface area contributed by atoms with Crippen molar-refractivity contribution in [3.05, 3.63) is 0 Å². The molecule has 1 atom stereocenters. The van der Waals surface area contributed by atoms with E-state index in [1.807, 2.05) is 0 Å². The summed E-state index contributed by atoms with van der Waals surface area (Å²) in [7, 11) is 0. The van der Waals surface area contributed by atoms with E-state index in [9.17, 15) is 9.59 Å². The minimum Gasteiger partial charge on any atom is -0.464 e. The molecule has 24 heavy (non-hydrogen) atoms. The molecule has 0 saturated carbocycles. The fourth-order valence-corrected chi connectivity index (χ4v) is 3.30. The molecule has 1 N–H and O–H groups in total. The Labute approximate surface area is 144 Å². The van der Waals surface area contributed by atoms with Crippen molar-refractivity contribution in [2.75, 3.05) is 19.8 Å². The summed E-state index contributed by atoms with van der Waals surface area (Å²) >= 11 is 0. The van der Waals surface area contributed by atoms with Crippen molar-refractivity contribution in [1.82, 2.24) is 5.32 Å². The first-order valence-electron chi connectivity index (χ1n) is 9.39. The third kappa shape index (κ3) is 6.06. The maximum Gasteiger partial charge on any atom is 0.328 e. The van der Waals surface area contributed by atoms with Gasteiger partial charge in [0.25, 0.3) is 0 Å². The van der Waals surface area contributed by atoms with Crippen molar-refractivity contribution in [3.8, 4) is 0 Å². The first-order chi connectivity index (χ1) is 11.7. The topological polar surface area (TPSA) is 73.9 Å². The molecule has 0 bridgehead atoms. The van der Waals surface area contributed by atoms with Crippen LogP contribution in [0, 0.1) is 0 Å². The number of esters is 1. The van der Waals surface area contributed by atoms with Crippen molar-refractivity contribution >= 4 is 11.9 Å². The molecular formula is C18H31NO5. The van der Waals surface area contributed by atoms with Gasteiger partial charge < -0.3 is 19.5 Å². The summed E-state index contributed by atoms with van der Waals surface area (Å²) in [6.07, 6.45) is 9.89. The number of cyclic esters (lactones) is 1. The third-order valence-electron chi connectivity index (χ3n) is 4.68. The first kappa shape index (κ1) is 19.2. The zero-order valence-corrected chi connectivity index (χ0v) is 14.8. The molecule has 2 aliphatic heterocycles. The van der Waals surface area contributed by atoms with E-state index in [2.05, 4.69) is 12.2 Å². The highest BCUT2D eigenvalue weighted by Gasteiger charge is 2.39. The summed E-state index contributed by atoms with van der Waals surface area (Å²) in [6, 6.07) is -0.519. The Kier molecular flexibility index (Phi) is 7.99. The number of carbonyl (C=O) groups is 2. The second-order valence-corrected chi connectivity index (χ2v) is 6.73. The average Bonchev–Trinajstić information content (AvgIpc) is 3.17. The van der Waals surface area contributed by atoms with Crippen molar-refractivity contribution in [1.29, 1.82) is 0 Å². The molecule has 2 heterocycles. The summed E-state index contributed by atoms with van der Waals surface area (Å²) in [5.41, 5.74) is 0. The molecule has 6 nitrogen and oxygen atoms in total. The van der Waals surface area contributed by atoms with Crippen LogP contribution >= 0.6 is 0 Å². The van der Waals surface area contributed by atoms with Gasteiger partial charge in [0.2, 0.25) is 5.91 Å². The number of ether oxygens (including phenoxy) is 3. The number of amides is 1. The molecule has 0 aliphatic carbocycles. The minimum atomic E-state index is -0.810. The first-order valence-corrected chi connectivity index (χ1v) is 9.39. The Morgan fingerprint density at radius 2 is 1.75 bits per heavy atom. The van der Waals surface area contributed by atoms with E-state index in [0.717, 1.165) is 19.3 Å². The highest BCUT2D eigenvalue weighted by atomic mass is 16.7. The Hall–Kier alpha value is -1.14. The molecular weight excluding hydrogens is 310 g/mol. The van der Waals surface area contributed by atoms with E-state index in [4.69, 9.17) is 14.2 Å². The Morgan fingerprint density at radius 3 is 2.38 bits per heavy atom. The molecule has 2 aliphatic rings. The van der Waals surface area contributed by atoms with Crippen LogP contribution in [0.5, 0.6) is 0 Å². The maximum absolute atomic E-state index is 12.2. The zero-order valence-electron chi connectivity index (χ0n) is 14.8. The van der Waals surface area contributed by atoms with Gasteiger partial charge in [-0.05, 0) is 6.42 Å². The normalized spacial score (nSPS) is 22.5. The molecule has 6 heteroatoms. The number of hydrogen-bond donors (Lipinski definition) is 1. The number of unbranched alkanes of at least 4 members (excludes halogenated alkanes) is 6. The highest BCUT2D eigenvalue weighted by molar-refractivity contribution is 5.85. The predicted molar refractivity (Wildman–Crippen MR) is 89.4 cm³/mol. The van der Waals surface area contributed by atoms with Crippen molar-refractivity contribution in [2.24, 2.45) is 0 Å². The quantitative estimate of drug-likeness (QED) is 0.462. The third-order valence-corrected chi connectivity index (χ3v) is 4.68. The van der Waals surface area contributed by atoms with Gasteiger partial charge >= 0.3 is 5.97 Å². The van der Waals surface area contributed by atoms with Crippen LogP contribution in [0.15, 0.2) is 0 Å². The predicted octanol–water partition coefficient (Wildman–Crippen LogP) is 2.69. The van der Waals surface area contributed by atoms with Gasteiger partial charge in [-0.25, -0.2) is 4.79 Å². The van der Waals surface area contributed by atoms with Gasteiger partial charge in [-0.3, -0.25) is 4.79 Å². The Morgan fingerprint density at radius 1 is 1.08 bits per heavy atom. The minimum absolute atomic E-state index is 0.145. The Balaban J connectivity index is 1.69. The molecule has 0 spiro atoms. The van der Waals surface area contributed by atoms with Crippen LogP contribution in [-0.2, 0) is 23.8 Å². The van der Waals surface area contributed by atoms with Gasteiger partial charge in [-0.15, -0.1) is 0 Å². The second kappa shape index (κ2) is 9.99. The summed E-state index contributed by atoms with van der Waals surface area (Å²) in [6.45, 7) is 3.64. The standard InChI is InChI=1S/C18H31NO5/c1-2-3-4-5-6-7-8-10-18(23-12-13-24-18)14-16(20)19-15-9-11-22-17(15)21/h15H,2-14H2,1H3,(H,19,20). The lowest BCUT2D eigenvalue weighted by molar-refractivity contribution is -0.175.